The van der Waals surface area contributed by atoms with E-state index in [2.05, 4.69) is 10.9 Å². The van der Waals surface area contributed by atoms with Crippen molar-refractivity contribution < 1.29 is 24.0 Å². The monoisotopic (exact) mass is 389 g/mol. The number of hydrogen-bond donors (Lipinski definition) is 2. The molecule has 0 spiro atoms. The Morgan fingerprint density at radius 3 is 2.74 bits per heavy atom. The number of fused-ring (bicyclic) bond motifs is 1. The number of rotatable bonds is 5. The van der Waals surface area contributed by atoms with Crippen LogP contribution in [0.15, 0.2) is 30.3 Å². The van der Waals surface area contributed by atoms with Gasteiger partial charge in [-0.25, -0.2) is 4.79 Å². The van der Waals surface area contributed by atoms with Crippen LogP contribution >= 0.6 is 11.3 Å². The zero-order valence-electron chi connectivity index (χ0n) is 14.0. The fraction of sp³-hybridized carbons (Fsp3) is 0.235. The van der Waals surface area contributed by atoms with Crippen molar-refractivity contribution in [2.24, 2.45) is 0 Å². The first-order valence-electron chi connectivity index (χ1n) is 8.06. The zero-order valence-corrected chi connectivity index (χ0v) is 14.8. The summed E-state index contributed by atoms with van der Waals surface area (Å²) in [5.41, 5.74) is 5.12. The Labute approximate surface area is 157 Å². The van der Waals surface area contributed by atoms with E-state index in [1.165, 1.54) is 34.4 Å². The smallest absolute Gasteiger partial charge is 0.348 e. The highest BCUT2D eigenvalue weighted by atomic mass is 32.1. The van der Waals surface area contributed by atoms with E-state index in [1.54, 1.807) is 6.07 Å². The molecule has 140 valence electrons. The van der Waals surface area contributed by atoms with Gasteiger partial charge in [-0.3, -0.25) is 30.6 Å². The van der Waals surface area contributed by atoms with Crippen molar-refractivity contribution in [2.75, 3.05) is 6.61 Å². The summed E-state index contributed by atoms with van der Waals surface area (Å²) in [5, 5.41) is 10.7. The summed E-state index contributed by atoms with van der Waals surface area (Å²) in [6.45, 7) is -0.559. The minimum absolute atomic E-state index is 0.00889. The first-order valence-corrected chi connectivity index (χ1v) is 8.88. The van der Waals surface area contributed by atoms with Gasteiger partial charge in [-0.15, -0.1) is 11.3 Å². The van der Waals surface area contributed by atoms with Gasteiger partial charge in [0.2, 0.25) is 0 Å². The van der Waals surface area contributed by atoms with Gasteiger partial charge < -0.3 is 4.74 Å². The second-order valence-corrected chi connectivity index (χ2v) is 6.94. The third kappa shape index (κ3) is 4.47. The van der Waals surface area contributed by atoms with E-state index < -0.39 is 29.3 Å². The molecular formula is C17H15N3O6S. The van der Waals surface area contributed by atoms with Crippen LogP contribution < -0.4 is 10.9 Å². The topological polar surface area (TPSA) is 128 Å². The molecule has 0 fully saturated rings. The first-order chi connectivity index (χ1) is 12.9. The quantitative estimate of drug-likeness (QED) is 0.456. The molecule has 3 rings (SSSR count). The average molecular weight is 389 g/mol. The van der Waals surface area contributed by atoms with Gasteiger partial charge in [-0.1, -0.05) is 6.07 Å². The maximum Gasteiger partial charge on any atom is 0.348 e. The van der Waals surface area contributed by atoms with Crippen molar-refractivity contribution >= 4 is 34.8 Å². The van der Waals surface area contributed by atoms with Crippen LogP contribution in [-0.2, 0) is 22.4 Å². The Morgan fingerprint density at radius 1 is 1.19 bits per heavy atom. The second-order valence-electron chi connectivity index (χ2n) is 5.80. The van der Waals surface area contributed by atoms with Crippen molar-refractivity contribution in [3.05, 3.63) is 61.3 Å². The highest BCUT2D eigenvalue weighted by molar-refractivity contribution is 7.14. The number of nitro benzene ring substituents is 1. The fourth-order valence-electron chi connectivity index (χ4n) is 2.63. The van der Waals surface area contributed by atoms with Crippen molar-refractivity contribution in [1.82, 2.24) is 10.9 Å². The summed E-state index contributed by atoms with van der Waals surface area (Å²) in [7, 11) is 0. The lowest BCUT2D eigenvalue weighted by Crippen LogP contribution is -2.43. The van der Waals surface area contributed by atoms with Crippen molar-refractivity contribution in [3.63, 3.8) is 0 Å². The number of nitrogens with one attached hydrogen (secondary N) is 2. The number of hydrazine groups is 1. The summed E-state index contributed by atoms with van der Waals surface area (Å²) in [4.78, 5) is 47.3. The van der Waals surface area contributed by atoms with Gasteiger partial charge in [0.15, 0.2) is 6.61 Å². The molecule has 1 heterocycles. The number of carbonyl (C=O) groups excluding carboxylic acids is 3. The lowest BCUT2D eigenvalue weighted by atomic mass is 10.2. The lowest BCUT2D eigenvalue weighted by molar-refractivity contribution is -0.384. The maximum atomic E-state index is 12.0. The number of nitro groups is 1. The number of benzene rings is 1. The standard InChI is InChI=1S/C17H15N3O6S/c21-15(9-26-17(23)14-8-10-3-2-6-13(10)27-14)18-19-16(22)11-4-1-5-12(7-11)20(24)25/h1,4-5,7-8H,2-3,6,9H2,(H,18,21)(H,19,22). The number of esters is 1. The van der Waals surface area contributed by atoms with E-state index in [0.717, 1.165) is 30.9 Å². The molecule has 0 atom stereocenters. The van der Waals surface area contributed by atoms with Gasteiger partial charge >= 0.3 is 5.97 Å². The molecule has 0 saturated carbocycles. The molecule has 2 N–H and O–H groups in total. The van der Waals surface area contributed by atoms with Crippen LogP contribution in [0, 0.1) is 10.1 Å². The van der Waals surface area contributed by atoms with Gasteiger partial charge in [0, 0.05) is 22.6 Å². The molecule has 27 heavy (non-hydrogen) atoms. The molecule has 9 nitrogen and oxygen atoms in total. The van der Waals surface area contributed by atoms with Crippen LogP contribution in [0.3, 0.4) is 0 Å². The van der Waals surface area contributed by atoms with Gasteiger partial charge in [0.1, 0.15) is 4.88 Å². The van der Waals surface area contributed by atoms with Crippen molar-refractivity contribution in [2.45, 2.75) is 19.3 Å². The summed E-state index contributed by atoms with van der Waals surface area (Å²) in [5.74, 6) is -2.05. The zero-order chi connectivity index (χ0) is 19.4. The Morgan fingerprint density at radius 2 is 2.00 bits per heavy atom. The Kier molecular flexibility index (Phi) is 5.46. The number of carbonyl (C=O) groups is 3. The number of ether oxygens (including phenoxy) is 1. The van der Waals surface area contributed by atoms with Gasteiger partial charge in [-0.2, -0.15) is 0 Å². The number of aryl methyl sites for hydroxylation is 2. The van der Waals surface area contributed by atoms with E-state index in [1.807, 2.05) is 0 Å². The highest BCUT2D eigenvalue weighted by Gasteiger charge is 2.20. The maximum absolute atomic E-state index is 12.0. The fourth-order valence-corrected chi connectivity index (χ4v) is 3.77. The SMILES string of the molecule is O=C(COC(=O)c1cc2c(s1)CCC2)NNC(=O)c1cccc([N+](=O)[O-])c1. The van der Waals surface area contributed by atoms with Crippen molar-refractivity contribution in [3.8, 4) is 0 Å². The van der Waals surface area contributed by atoms with E-state index >= 15 is 0 Å². The van der Waals surface area contributed by atoms with Crippen molar-refractivity contribution in [1.29, 1.82) is 0 Å². The van der Waals surface area contributed by atoms with E-state index in [4.69, 9.17) is 4.74 Å². The predicted molar refractivity (Wildman–Crippen MR) is 95.3 cm³/mol. The Balaban J connectivity index is 1.46. The molecular weight excluding hydrogens is 374 g/mol. The second kappa shape index (κ2) is 7.96. The molecule has 0 aliphatic heterocycles. The molecule has 1 aliphatic carbocycles. The third-order valence-corrected chi connectivity index (χ3v) is 5.13. The predicted octanol–water partition coefficient (Wildman–Crippen LogP) is 1.76. The van der Waals surface area contributed by atoms with E-state index in [0.29, 0.717) is 4.88 Å². The van der Waals surface area contributed by atoms with Gasteiger partial charge in [0.25, 0.3) is 17.5 Å². The first kappa shape index (κ1) is 18.5. The molecule has 0 unspecified atom stereocenters. The summed E-state index contributed by atoms with van der Waals surface area (Å²) >= 11 is 1.37. The molecule has 2 amide bonds. The number of hydrogen-bond acceptors (Lipinski definition) is 7. The number of thiophene rings is 1. The molecule has 0 saturated heterocycles. The minimum Gasteiger partial charge on any atom is -0.451 e. The number of amides is 2. The van der Waals surface area contributed by atoms with E-state index in [-0.39, 0.29) is 11.3 Å². The molecule has 2 aromatic rings. The molecule has 0 radical (unpaired) electrons. The Bertz CT molecular complexity index is 902. The Hall–Kier alpha value is -3.27. The summed E-state index contributed by atoms with van der Waals surface area (Å²) < 4.78 is 4.93. The normalized spacial score (nSPS) is 12.1. The molecule has 1 aromatic carbocycles. The largest absolute Gasteiger partial charge is 0.451 e. The van der Waals surface area contributed by atoms with E-state index in [9.17, 15) is 24.5 Å². The van der Waals surface area contributed by atoms with Gasteiger partial charge in [0.05, 0.1) is 4.92 Å². The van der Waals surface area contributed by atoms with Crippen LogP contribution in [0.5, 0.6) is 0 Å². The molecule has 0 bridgehead atoms. The van der Waals surface area contributed by atoms with Crippen LogP contribution in [0.4, 0.5) is 5.69 Å². The van der Waals surface area contributed by atoms with Crippen LogP contribution in [0.2, 0.25) is 0 Å². The number of non-ortho nitro benzene ring substituents is 1. The van der Waals surface area contributed by atoms with Crippen LogP contribution in [0.25, 0.3) is 0 Å². The average Bonchev–Trinajstić information content (AvgIpc) is 3.26. The lowest BCUT2D eigenvalue weighted by Gasteiger charge is -2.07. The van der Waals surface area contributed by atoms with Crippen LogP contribution in [-0.4, -0.2) is 29.3 Å². The minimum atomic E-state index is -0.730. The summed E-state index contributed by atoms with van der Waals surface area (Å²) in [6, 6.07) is 6.84. The molecule has 10 heteroatoms. The van der Waals surface area contributed by atoms with Gasteiger partial charge in [-0.05, 0) is 37.0 Å². The molecule has 1 aliphatic rings. The molecule has 1 aromatic heterocycles. The summed E-state index contributed by atoms with van der Waals surface area (Å²) in [6.07, 6.45) is 2.99. The number of nitrogens with zero attached hydrogens (tertiary/aromatic N) is 1. The third-order valence-electron chi connectivity index (χ3n) is 3.92. The van der Waals surface area contributed by atoms with Crippen LogP contribution in [0.1, 0.15) is 36.9 Å². The highest BCUT2D eigenvalue weighted by Crippen LogP contribution is 2.30.